The molecule has 5 heterocycles. The van der Waals surface area contributed by atoms with Crippen molar-refractivity contribution in [3.05, 3.63) is 76.0 Å². The van der Waals surface area contributed by atoms with Crippen molar-refractivity contribution in [3.8, 4) is 5.69 Å². The van der Waals surface area contributed by atoms with Gasteiger partial charge < -0.3 is 9.63 Å². The number of oxime groups is 1. The lowest BCUT2D eigenvalue weighted by atomic mass is 9.96. The zero-order valence-electron chi connectivity index (χ0n) is 22.1. The Bertz CT molecular complexity index is 1540. The maximum atomic E-state index is 13.0. The third-order valence-electron chi connectivity index (χ3n) is 7.57. The van der Waals surface area contributed by atoms with Gasteiger partial charge in [0.1, 0.15) is 24.7 Å². The molecule has 0 spiro atoms. The number of carbonyl (C=O) groups is 1. The molecule has 1 fully saturated rings. The molecular weight excluding hydrogens is 557 g/mol. The highest BCUT2D eigenvalue weighted by atomic mass is 32.1. The number of aromatic nitrogens is 6. The van der Waals surface area contributed by atoms with E-state index in [2.05, 4.69) is 20.3 Å². The summed E-state index contributed by atoms with van der Waals surface area (Å²) in [6, 6.07) is 8.31. The molecule has 41 heavy (non-hydrogen) atoms. The van der Waals surface area contributed by atoms with Crippen molar-refractivity contribution >= 4 is 23.3 Å². The molecule has 10 nitrogen and oxygen atoms in total. The van der Waals surface area contributed by atoms with E-state index in [0.717, 1.165) is 52.9 Å². The number of halogens is 3. The van der Waals surface area contributed by atoms with Crippen LogP contribution in [0.4, 0.5) is 13.2 Å². The third-order valence-corrected chi connectivity index (χ3v) is 8.58. The average molecular weight is 585 g/mol. The van der Waals surface area contributed by atoms with Crippen LogP contribution in [0.1, 0.15) is 58.9 Å². The van der Waals surface area contributed by atoms with Crippen LogP contribution >= 0.6 is 11.3 Å². The molecule has 2 unspecified atom stereocenters. The monoisotopic (exact) mass is 584 g/mol. The van der Waals surface area contributed by atoms with Gasteiger partial charge in [0.2, 0.25) is 0 Å². The highest BCUT2D eigenvalue weighted by Crippen LogP contribution is 2.36. The molecule has 0 N–H and O–H groups in total. The zero-order valence-corrected chi connectivity index (χ0v) is 22.9. The second-order valence-electron chi connectivity index (χ2n) is 10.2. The lowest BCUT2D eigenvalue weighted by Crippen LogP contribution is -2.44. The first-order chi connectivity index (χ1) is 19.8. The Hall–Kier alpha value is -3.91. The minimum atomic E-state index is -4.52. The van der Waals surface area contributed by atoms with Gasteiger partial charge in [0.05, 0.1) is 29.0 Å². The van der Waals surface area contributed by atoms with Crippen molar-refractivity contribution in [1.29, 1.82) is 0 Å². The number of carbonyl (C=O) groups excluding carboxylic acids is 1. The molecule has 0 bridgehead atoms. The third kappa shape index (κ3) is 5.66. The first-order valence-electron chi connectivity index (χ1n) is 13.2. The quantitative estimate of drug-likeness (QED) is 0.280. The van der Waals surface area contributed by atoms with Crippen molar-refractivity contribution in [1.82, 2.24) is 34.4 Å². The Balaban J connectivity index is 1.06. The van der Waals surface area contributed by atoms with E-state index in [0.29, 0.717) is 25.2 Å². The molecule has 14 heteroatoms. The van der Waals surface area contributed by atoms with Gasteiger partial charge in [0.25, 0.3) is 0 Å². The fraction of sp³-hybridized carbons (Fsp3) is 0.407. The van der Waals surface area contributed by atoms with Gasteiger partial charge in [-0.3, -0.25) is 9.58 Å². The molecule has 2 aliphatic rings. The molecule has 2 aliphatic heterocycles. The van der Waals surface area contributed by atoms with Gasteiger partial charge >= 0.3 is 6.18 Å². The summed E-state index contributed by atoms with van der Waals surface area (Å²) in [6.45, 7) is 2.92. The fourth-order valence-corrected chi connectivity index (χ4v) is 6.34. The summed E-state index contributed by atoms with van der Waals surface area (Å²) in [6.07, 6.45) is 1.32. The molecule has 0 radical (unpaired) electrons. The lowest BCUT2D eigenvalue weighted by Gasteiger charge is -2.34. The maximum Gasteiger partial charge on any atom is 0.435 e. The van der Waals surface area contributed by atoms with Crippen LogP contribution in [0.2, 0.25) is 0 Å². The number of hydrogen-bond acceptors (Lipinski definition) is 9. The highest BCUT2D eigenvalue weighted by Gasteiger charge is 2.35. The van der Waals surface area contributed by atoms with Crippen LogP contribution in [0.3, 0.4) is 0 Å². The largest absolute Gasteiger partial charge is 0.435 e. The standard InChI is InChI=1S/C27H27F3N8O2S/c1-17-10-25(27(28,29)30)34-37(17)12-19(13-39)36-8-6-18(7-9-36)26-33-22(14-41-26)21-11-24(40-35-21)20-4-2-3-5-23(20)38-16-31-15-32-38/h2-5,10,13-16,18-19,24H,6-9,11-12H2,1H3. The van der Waals surface area contributed by atoms with E-state index >= 15 is 0 Å². The summed E-state index contributed by atoms with van der Waals surface area (Å²) in [4.78, 5) is 28.6. The van der Waals surface area contributed by atoms with Crippen LogP contribution in [-0.4, -0.2) is 65.6 Å². The van der Waals surface area contributed by atoms with Gasteiger partial charge in [-0.15, -0.1) is 11.3 Å². The van der Waals surface area contributed by atoms with E-state index in [1.807, 2.05) is 34.5 Å². The van der Waals surface area contributed by atoms with Crippen molar-refractivity contribution in [2.24, 2.45) is 5.16 Å². The lowest BCUT2D eigenvalue weighted by molar-refractivity contribution is -0.141. The van der Waals surface area contributed by atoms with Crippen molar-refractivity contribution in [2.45, 2.75) is 57.0 Å². The molecule has 1 saturated heterocycles. The van der Waals surface area contributed by atoms with Gasteiger partial charge in [-0.2, -0.15) is 23.4 Å². The number of piperidine rings is 1. The van der Waals surface area contributed by atoms with Gasteiger partial charge in [0, 0.05) is 29.0 Å². The van der Waals surface area contributed by atoms with Gasteiger partial charge in [0.15, 0.2) is 11.8 Å². The van der Waals surface area contributed by atoms with E-state index in [-0.39, 0.29) is 18.6 Å². The summed E-state index contributed by atoms with van der Waals surface area (Å²) in [5.41, 5.74) is 2.86. The number of hydrogen-bond donors (Lipinski definition) is 0. The number of alkyl halides is 3. The molecule has 2 atom stereocenters. The Morgan fingerprint density at radius 1 is 1.22 bits per heavy atom. The molecule has 4 aromatic rings. The summed E-state index contributed by atoms with van der Waals surface area (Å²) < 4.78 is 42.1. The molecule has 0 aliphatic carbocycles. The van der Waals surface area contributed by atoms with E-state index < -0.39 is 17.9 Å². The maximum absolute atomic E-state index is 13.0. The van der Waals surface area contributed by atoms with Crippen LogP contribution in [0.15, 0.2) is 53.5 Å². The molecule has 1 aromatic carbocycles. The van der Waals surface area contributed by atoms with Crippen molar-refractivity contribution in [3.63, 3.8) is 0 Å². The molecule has 6 rings (SSSR count). The number of benzene rings is 1. The second-order valence-corrected chi connectivity index (χ2v) is 11.1. The second kappa shape index (κ2) is 11.2. The van der Waals surface area contributed by atoms with Crippen LogP contribution < -0.4 is 0 Å². The number of rotatable bonds is 8. The number of para-hydroxylation sites is 1. The molecule has 214 valence electrons. The topological polar surface area (TPSA) is 103 Å². The predicted octanol–water partition coefficient (Wildman–Crippen LogP) is 4.56. The molecular formula is C27H27F3N8O2S. The average Bonchev–Trinajstić information content (AvgIpc) is 3.78. The van der Waals surface area contributed by atoms with Crippen molar-refractivity contribution in [2.75, 3.05) is 13.1 Å². The number of thiazole rings is 1. The SMILES string of the molecule is Cc1cc(C(F)(F)F)nn1CC(C=O)N1CCC(c2nc(C3=NOC(c4ccccc4-n4cncn4)C3)cs2)CC1. The summed E-state index contributed by atoms with van der Waals surface area (Å²) in [5, 5.41) is 15.3. The molecule has 0 saturated carbocycles. The molecule has 3 aromatic heterocycles. The van der Waals surface area contributed by atoms with Crippen molar-refractivity contribution < 1.29 is 22.8 Å². The summed E-state index contributed by atoms with van der Waals surface area (Å²) in [5.74, 6) is 0.229. The van der Waals surface area contributed by atoms with Gasteiger partial charge in [-0.25, -0.2) is 14.6 Å². The number of nitrogens with zero attached hydrogens (tertiary/aromatic N) is 8. The first-order valence-corrected chi connectivity index (χ1v) is 14.1. The Labute approximate surface area is 237 Å². The predicted molar refractivity (Wildman–Crippen MR) is 144 cm³/mol. The first kappa shape index (κ1) is 27.3. The molecule has 0 amide bonds. The summed E-state index contributed by atoms with van der Waals surface area (Å²) >= 11 is 1.59. The Kier molecular flexibility index (Phi) is 7.43. The Morgan fingerprint density at radius 2 is 2.02 bits per heavy atom. The zero-order chi connectivity index (χ0) is 28.6. The number of likely N-dealkylation sites (tertiary alicyclic amines) is 1. The highest BCUT2D eigenvalue weighted by molar-refractivity contribution is 7.10. The number of aldehydes is 1. The Morgan fingerprint density at radius 3 is 2.73 bits per heavy atom. The van der Waals surface area contributed by atoms with Crippen LogP contribution in [0, 0.1) is 6.92 Å². The van der Waals surface area contributed by atoms with Gasteiger partial charge in [-0.1, -0.05) is 23.4 Å². The normalized spacial score (nSPS) is 19.2. The smallest absolute Gasteiger partial charge is 0.387 e. The van der Waals surface area contributed by atoms with E-state index in [9.17, 15) is 18.0 Å². The fourth-order valence-electron chi connectivity index (χ4n) is 5.34. The minimum Gasteiger partial charge on any atom is -0.387 e. The number of aryl methyl sites for hydroxylation is 1. The summed E-state index contributed by atoms with van der Waals surface area (Å²) in [7, 11) is 0. The van der Waals surface area contributed by atoms with E-state index in [1.165, 1.54) is 11.0 Å². The van der Waals surface area contributed by atoms with Crippen LogP contribution in [0.25, 0.3) is 5.69 Å². The van der Waals surface area contributed by atoms with Gasteiger partial charge in [-0.05, 0) is 45.0 Å². The minimum absolute atomic E-state index is 0.0819. The van der Waals surface area contributed by atoms with E-state index in [1.54, 1.807) is 29.3 Å². The van der Waals surface area contributed by atoms with Crippen LogP contribution in [-0.2, 0) is 22.4 Å². The van der Waals surface area contributed by atoms with E-state index in [4.69, 9.17) is 9.82 Å². The van der Waals surface area contributed by atoms with Crippen LogP contribution in [0.5, 0.6) is 0 Å².